The van der Waals surface area contributed by atoms with Gasteiger partial charge in [0.2, 0.25) is 0 Å². The van der Waals surface area contributed by atoms with Crippen LogP contribution in [0.3, 0.4) is 0 Å². The maximum Gasteiger partial charge on any atom is 0.0552 e. The number of aliphatic hydroxyl groups is 1. The molecule has 0 radical (unpaired) electrons. The Bertz CT molecular complexity index is 162. The monoisotopic (exact) mass is 187 g/mol. The van der Waals surface area contributed by atoms with Crippen LogP contribution in [0.4, 0.5) is 0 Å². The molecule has 2 aliphatic rings. The van der Waals surface area contributed by atoms with Gasteiger partial charge in [-0.1, -0.05) is 0 Å². The molecule has 0 spiro atoms. The van der Waals surface area contributed by atoms with Crippen molar-refractivity contribution in [1.29, 1.82) is 0 Å². The smallest absolute Gasteiger partial charge is 0.0552 e. The SMILES string of the molecule is NCC1(C2CCSC2)CC(O)C1. The van der Waals surface area contributed by atoms with Crippen molar-refractivity contribution >= 4 is 11.8 Å². The molecule has 1 aliphatic heterocycles. The van der Waals surface area contributed by atoms with E-state index in [0.29, 0.717) is 5.41 Å². The fraction of sp³-hybridized carbons (Fsp3) is 1.00. The fourth-order valence-electron chi connectivity index (χ4n) is 2.56. The molecule has 0 aromatic heterocycles. The molecule has 2 nitrogen and oxygen atoms in total. The topological polar surface area (TPSA) is 46.2 Å². The van der Waals surface area contributed by atoms with Crippen molar-refractivity contribution in [1.82, 2.24) is 0 Å². The van der Waals surface area contributed by atoms with E-state index in [1.165, 1.54) is 17.9 Å². The lowest BCUT2D eigenvalue weighted by Crippen LogP contribution is -2.51. The third kappa shape index (κ3) is 1.28. The number of rotatable bonds is 2. The molecule has 0 amide bonds. The maximum absolute atomic E-state index is 9.31. The highest BCUT2D eigenvalue weighted by molar-refractivity contribution is 7.99. The van der Waals surface area contributed by atoms with Gasteiger partial charge in [0.1, 0.15) is 0 Å². The molecule has 2 fully saturated rings. The second-order valence-corrected chi connectivity index (χ2v) is 5.34. The highest BCUT2D eigenvalue weighted by atomic mass is 32.2. The molecular formula is C9H17NOS. The van der Waals surface area contributed by atoms with Crippen LogP contribution >= 0.6 is 11.8 Å². The summed E-state index contributed by atoms with van der Waals surface area (Å²) in [5, 5.41) is 9.31. The Morgan fingerprint density at radius 2 is 2.25 bits per heavy atom. The van der Waals surface area contributed by atoms with Gasteiger partial charge >= 0.3 is 0 Å². The summed E-state index contributed by atoms with van der Waals surface area (Å²) in [7, 11) is 0. The minimum atomic E-state index is -0.0563. The van der Waals surface area contributed by atoms with Gasteiger partial charge in [0.15, 0.2) is 0 Å². The fourth-order valence-corrected chi connectivity index (χ4v) is 3.99. The number of nitrogens with two attached hydrogens (primary N) is 1. The molecule has 1 saturated heterocycles. The standard InChI is InChI=1S/C9H17NOS/c10-6-9(3-8(11)4-9)7-1-2-12-5-7/h7-8,11H,1-6,10H2. The van der Waals surface area contributed by atoms with Gasteiger partial charge in [0, 0.05) is 0 Å². The number of hydrogen-bond acceptors (Lipinski definition) is 3. The molecule has 0 aromatic rings. The zero-order chi connectivity index (χ0) is 8.60. The second kappa shape index (κ2) is 3.20. The van der Waals surface area contributed by atoms with Gasteiger partial charge in [-0.15, -0.1) is 0 Å². The van der Waals surface area contributed by atoms with Gasteiger partial charge in [-0.3, -0.25) is 0 Å². The van der Waals surface area contributed by atoms with E-state index in [1.807, 2.05) is 11.8 Å². The first-order valence-corrected chi connectivity index (χ1v) is 5.88. The Labute approximate surface area is 77.9 Å². The lowest BCUT2D eigenvalue weighted by molar-refractivity contribution is -0.0575. The summed E-state index contributed by atoms with van der Waals surface area (Å²) in [6.45, 7) is 0.773. The van der Waals surface area contributed by atoms with Gasteiger partial charge in [-0.2, -0.15) is 11.8 Å². The molecule has 3 heteroatoms. The minimum absolute atomic E-state index is 0.0563. The predicted octanol–water partition coefficient (Wildman–Crippen LogP) is 0.839. The first-order valence-electron chi connectivity index (χ1n) is 4.73. The average molecular weight is 187 g/mol. The normalized spacial score (nSPS) is 47.5. The Balaban J connectivity index is 1.98. The number of thioether (sulfide) groups is 1. The lowest BCUT2D eigenvalue weighted by Gasteiger charge is -2.49. The quantitative estimate of drug-likeness (QED) is 0.673. The summed E-state index contributed by atoms with van der Waals surface area (Å²) < 4.78 is 0. The van der Waals surface area contributed by atoms with Gasteiger partial charge in [0.25, 0.3) is 0 Å². The van der Waals surface area contributed by atoms with Gasteiger partial charge in [-0.05, 0) is 48.6 Å². The molecule has 0 bridgehead atoms. The molecule has 1 aliphatic carbocycles. The summed E-state index contributed by atoms with van der Waals surface area (Å²) in [5.41, 5.74) is 6.11. The molecular weight excluding hydrogens is 170 g/mol. The maximum atomic E-state index is 9.31. The third-order valence-corrected chi connectivity index (χ3v) is 4.65. The Morgan fingerprint density at radius 3 is 2.67 bits per heavy atom. The van der Waals surface area contributed by atoms with Crippen LogP contribution in [-0.2, 0) is 0 Å². The van der Waals surface area contributed by atoms with Crippen LogP contribution in [-0.4, -0.2) is 29.3 Å². The van der Waals surface area contributed by atoms with Crippen LogP contribution < -0.4 is 5.73 Å². The Kier molecular flexibility index (Phi) is 2.36. The zero-order valence-corrected chi connectivity index (χ0v) is 8.15. The summed E-state index contributed by atoms with van der Waals surface area (Å²) in [6.07, 6.45) is 3.16. The van der Waals surface area contributed by atoms with Crippen LogP contribution in [0.1, 0.15) is 19.3 Å². The van der Waals surface area contributed by atoms with E-state index in [2.05, 4.69) is 0 Å². The van der Waals surface area contributed by atoms with Gasteiger partial charge in [-0.25, -0.2) is 0 Å². The summed E-state index contributed by atoms with van der Waals surface area (Å²) >= 11 is 2.04. The first kappa shape index (κ1) is 8.85. The van der Waals surface area contributed by atoms with E-state index in [1.54, 1.807) is 0 Å². The summed E-state index contributed by atoms with van der Waals surface area (Å²) in [5.74, 6) is 3.35. The number of aliphatic hydroxyl groups excluding tert-OH is 1. The van der Waals surface area contributed by atoms with Crippen molar-refractivity contribution in [2.75, 3.05) is 18.1 Å². The molecule has 1 unspecified atom stereocenters. The Morgan fingerprint density at radius 1 is 1.50 bits per heavy atom. The van der Waals surface area contributed by atoms with Crippen LogP contribution in [0.2, 0.25) is 0 Å². The number of hydrogen-bond donors (Lipinski definition) is 2. The molecule has 70 valence electrons. The minimum Gasteiger partial charge on any atom is -0.393 e. The third-order valence-electron chi connectivity index (χ3n) is 3.49. The van der Waals surface area contributed by atoms with E-state index in [0.717, 1.165) is 25.3 Å². The highest BCUT2D eigenvalue weighted by Gasteiger charge is 2.48. The molecule has 1 atom stereocenters. The van der Waals surface area contributed by atoms with Crippen molar-refractivity contribution < 1.29 is 5.11 Å². The van der Waals surface area contributed by atoms with Crippen LogP contribution in [0, 0.1) is 11.3 Å². The zero-order valence-electron chi connectivity index (χ0n) is 7.33. The van der Waals surface area contributed by atoms with Crippen molar-refractivity contribution in [3.05, 3.63) is 0 Å². The van der Waals surface area contributed by atoms with Gasteiger partial charge < -0.3 is 10.8 Å². The van der Waals surface area contributed by atoms with Gasteiger partial charge in [0.05, 0.1) is 6.10 Å². The van der Waals surface area contributed by atoms with E-state index in [4.69, 9.17) is 5.73 Å². The van der Waals surface area contributed by atoms with Crippen LogP contribution in [0.25, 0.3) is 0 Å². The first-order chi connectivity index (χ1) is 5.77. The molecule has 0 aromatic carbocycles. The van der Waals surface area contributed by atoms with Crippen LogP contribution in [0.15, 0.2) is 0 Å². The molecule has 2 rings (SSSR count). The van der Waals surface area contributed by atoms with E-state index < -0.39 is 0 Å². The van der Waals surface area contributed by atoms with E-state index in [9.17, 15) is 5.11 Å². The van der Waals surface area contributed by atoms with Crippen molar-refractivity contribution in [2.45, 2.75) is 25.4 Å². The average Bonchev–Trinajstić information content (AvgIpc) is 2.50. The lowest BCUT2D eigenvalue weighted by atomic mass is 9.59. The van der Waals surface area contributed by atoms with Crippen molar-refractivity contribution in [2.24, 2.45) is 17.1 Å². The van der Waals surface area contributed by atoms with E-state index >= 15 is 0 Å². The van der Waals surface area contributed by atoms with Crippen molar-refractivity contribution in [3.63, 3.8) is 0 Å². The van der Waals surface area contributed by atoms with Crippen molar-refractivity contribution in [3.8, 4) is 0 Å². The molecule has 3 N–H and O–H groups in total. The second-order valence-electron chi connectivity index (χ2n) is 4.19. The molecule has 1 heterocycles. The molecule has 1 saturated carbocycles. The van der Waals surface area contributed by atoms with Crippen LogP contribution in [0.5, 0.6) is 0 Å². The predicted molar refractivity (Wildman–Crippen MR) is 52.2 cm³/mol. The molecule has 12 heavy (non-hydrogen) atoms. The largest absolute Gasteiger partial charge is 0.393 e. The highest BCUT2D eigenvalue weighted by Crippen LogP contribution is 2.51. The summed E-state index contributed by atoms with van der Waals surface area (Å²) in [4.78, 5) is 0. The van der Waals surface area contributed by atoms with E-state index in [-0.39, 0.29) is 6.10 Å². The Hall–Kier alpha value is 0.270. The summed E-state index contributed by atoms with van der Waals surface area (Å²) in [6, 6.07) is 0.